The molecule has 0 unspecified atom stereocenters. The number of imidazole rings is 1. The van der Waals surface area contributed by atoms with Crippen molar-refractivity contribution in [3.05, 3.63) is 65.0 Å². The van der Waals surface area contributed by atoms with Crippen LogP contribution in [0, 0.1) is 11.3 Å². The highest BCUT2D eigenvalue weighted by Crippen LogP contribution is 2.24. The molecule has 3 aromatic rings. The van der Waals surface area contributed by atoms with Crippen molar-refractivity contribution in [3.63, 3.8) is 0 Å². The number of imide groups is 1. The molecule has 2 aromatic carbocycles. The van der Waals surface area contributed by atoms with Gasteiger partial charge in [-0.1, -0.05) is 12.1 Å². The van der Waals surface area contributed by atoms with E-state index in [-0.39, 0.29) is 18.4 Å². The first kappa shape index (κ1) is 13.2. The van der Waals surface area contributed by atoms with E-state index in [9.17, 15) is 9.59 Å². The number of H-pyrrole nitrogens is 1. The molecule has 23 heavy (non-hydrogen) atoms. The highest BCUT2D eigenvalue weighted by atomic mass is 16.2. The predicted octanol–water partition coefficient (Wildman–Crippen LogP) is 2.23. The molecule has 6 nitrogen and oxygen atoms in total. The number of carbonyl (C=O) groups is 2. The summed E-state index contributed by atoms with van der Waals surface area (Å²) >= 11 is 0. The average molecular weight is 302 g/mol. The highest BCUT2D eigenvalue weighted by molar-refractivity contribution is 6.21. The number of hydrogen-bond donors (Lipinski definition) is 1. The summed E-state index contributed by atoms with van der Waals surface area (Å²) in [5.41, 5.74) is 2.75. The van der Waals surface area contributed by atoms with E-state index in [0.717, 1.165) is 0 Å². The van der Waals surface area contributed by atoms with Crippen LogP contribution in [0.4, 0.5) is 0 Å². The lowest BCUT2D eigenvalue weighted by Gasteiger charge is -2.11. The first-order valence-corrected chi connectivity index (χ1v) is 7.01. The van der Waals surface area contributed by atoms with Crippen molar-refractivity contribution in [1.82, 2.24) is 14.9 Å². The second-order valence-corrected chi connectivity index (χ2v) is 5.27. The Kier molecular flexibility index (Phi) is 2.75. The zero-order valence-corrected chi connectivity index (χ0v) is 11.9. The first-order valence-electron chi connectivity index (χ1n) is 7.01. The maximum Gasteiger partial charge on any atom is 0.261 e. The monoisotopic (exact) mass is 302 g/mol. The van der Waals surface area contributed by atoms with Gasteiger partial charge in [-0.15, -0.1) is 0 Å². The molecule has 0 atom stereocenters. The lowest BCUT2D eigenvalue weighted by atomic mass is 10.1. The molecule has 0 radical (unpaired) electrons. The second-order valence-electron chi connectivity index (χ2n) is 5.27. The van der Waals surface area contributed by atoms with Crippen LogP contribution in [-0.4, -0.2) is 26.7 Å². The summed E-state index contributed by atoms with van der Waals surface area (Å²) in [6, 6.07) is 13.9. The molecule has 0 saturated heterocycles. The molecule has 0 spiro atoms. The van der Waals surface area contributed by atoms with Crippen LogP contribution in [-0.2, 0) is 6.54 Å². The van der Waals surface area contributed by atoms with Gasteiger partial charge >= 0.3 is 0 Å². The van der Waals surface area contributed by atoms with Gasteiger partial charge < -0.3 is 4.98 Å². The number of nitrogens with one attached hydrogen (secondary N) is 1. The van der Waals surface area contributed by atoms with Crippen molar-refractivity contribution in [2.75, 3.05) is 0 Å². The van der Waals surface area contributed by atoms with Crippen molar-refractivity contribution >= 4 is 22.8 Å². The number of carbonyl (C=O) groups excluding carboxylic acids is 2. The summed E-state index contributed by atoms with van der Waals surface area (Å²) in [6.45, 7) is 0.0723. The highest BCUT2D eigenvalue weighted by Gasteiger charge is 2.35. The first-order chi connectivity index (χ1) is 11.2. The lowest BCUT2D eigenvalue weighted by Crippen LogP contribution is -2.29. The molecule has 1 N–H and O–H groups in total. The molecule has 4 rings (SSSR count). The van der Waals surface area contributed by atoms with Crippen LogP contribution >= 0.6 is 0 Å². The molecule has 1 aliphatic rings. The largest absolute Gasteiger partial charge is 0.340 e. The molecule has 0 saturated carbocycles. The average Bonchev–Trinajstić information content (AvgIpc) is 3.09. The van der Waals surface area contributed by atoms with E-state index in [1.54, 1.807) is 42.5 Å². The van der Waals surface area contributed by atoms with Gasteiger partial charge in [-0.25, -0.2) is 4.98 Å². The normalized spacial score (nSPS) is 13.4. The molecule has 0 aliphatic carbocycles. The van der Waals surface area contributed by atoms with Crippen molar-refractivity contribution < 1.29 is 9.59 Å². The molecule has 1 aromatic heterocycles. The van der Waals surface area contributed by atoms with Crippen LogP contribution < -0.4 is 0 Å². The van der Waals surface area contributed by atoms with E-state index in [0.29, 0.717) is 33.5 Å². The van der Waals surface area contributed by atoms with Gasteiger partial charge in [-0.3, -0.25) is 14.5 Å². The molecule has 110 valence electrons. The third-order valence-electron chi connectivity index (χ3n) is 3.85. The van der Waals surface area contributed by atoms with Gasteiger partial charge in [0.2, 0.25) is 0 Å². The number of nitriles is 1. The summed E-state index contributed by atoms with van der Waals surface area (Å²) < 4.78 is 0. The van der Waals surface area contributed by atoms with Crippen LogP contribution in [0.3, 0.4) is 0 Å². The topological polar surface area (TPSA) is 89.8 Å². The number of rotatable bonds is 2. The molecule has 2 amide bonds. The standard InChI is InChI=1S/C17H10N4O2/c18-8-10-5-6-13-14(7-10)20-15(19-13)9-21-16(22)11-3-1-2-4-12(11)17(21)23/h1-7H,9H2,(H,19,20). The zero-order valence-electron chi connectivity index (χ0n) is 11.9. The van der Waals surface area contributed by atoms with E-state index in [2.05, 4.69) is 16.0 Å². The van der Waals surface area contributed by atoms with E-state index in [1.165, 1.54) is 4.90 Å². The SMILES string of the molecule is N#Cc1ccc2nc(CN3C(=O)c4ccccc4C3=O)[nH]c2c1. The molecular formula is C17H10N4O2. The second kappa shape index (κ2) is 4.78. The van der Waals surface area contributed by atoms with Crippen molar-refractivity contribution in [1.29, 1.82) is 5.26 Å². The Balaban J connectivity index is 1.68. The van der Waals surface area contributed by atoms with E-state index >= 15 is 0 Å². The maximum absolute atomic E-state index is 12.3. The number of aromatic nitrogens is 2. The fourth-order valence-electron chi connectivity index (χ4n) is 2.74. The fraction of sp³-hybridized carbons (Fsp3) is 0.0588. The number of nitrogens with zero attached hydrogens (tertiary/aromatic N) is 3. The third kappa shape index (κ3) is 1.99. The Morgan fingerprint density at radius 2 is 1.78 bits per heavy atom. The van der Waals surface area contributed by atoms with E-state index < -0.39 is 0 Å². The van der Waals surface area contributed by atoms with Crippen LogP contribution in [0.1, 0.15) is 32.1 Å². The van der Waals surface area contributed by atoms with Crippen molar-refractivity contribution in [2.45, 2.75) is 6.54 Å². The van der Waals surface area contributed by atoms with Gasteiger partial charge in [-0.05, 0) is 30.3 Å². The summed E-state index contributed by atoms with van der Waals surface area (Å²) in [5, 5.41) is 8.92. The summed E-state index contributed by atoms with van der Waals surface area (Å²) in [5.74, 6) is -0.128. The number of aromatic amines is 1. The van der Waals surface area contributed by atoms with E-state index in [4.69, 9.17) is 5.26 Å². The van der Waals surface area contributed by atoms with Crippen molar-refractivity contribution in [3.8, 4) is 6.07 Å². The Bertz CT molecular complexity index is 978. The molecule has 2 heterocycles. The predicted molar refractivity (Wildman–Crippen MR) is 81.5 cm³/mol. The summed E-state index contributed by atoms with van der Waals surface area (Å²) in [7, 11) is 0. The summed E-state index contributed by atoms with van der Waals surface area (Å²) in [4.78, 5) is 33.3. The van der Waals surface area contributed by atoms with Gasteiger partial charge in [-0.2, -0.15) is 5.26 Å². The van der Waals surface area contributed by atoms with Crippen LogP contribution in [0.2, 0.25) is 0 Å². The number of benzene rings is 2. The fourth-order valence-corrected chi connectivity index (χ4v) is 2.74. The Morgan fingerprint density at radius 1 is 1.09 bits per heavy atom. The number of amides is 2. The minimum Gasteiger partial charge on any atom is -0.340 e. The maximum atomic E-state index is 12.3. The number of hydrogen-bond acceptors (Lipinski definition) is 4. The zero-order chi connectivity index (χ0) is 16.0. The smallest absolute Gasteiger partial charge is 0.261 e. The van der Waals surface area contributed by atoms with Gasteiger partial charge in [0, 0.05) is 0 Å². The van der Waals surface area contributed by atoms with Crippen LogP contribution in [0.5, 0.6) is 0 Å². The molecule has 6 heteroatoms. The molecular weight excluding hydrogens is 292 g/mol. The Hall–Kier alpha value is -3.46. The lowest BCUT2D eigenvalue weighted by molar-refractivity contribution is 0.0638. The van der Waals surface area contributed by atoms with Gasteiger partial charge in [0.25, 0.3) is 11.8 Å². The molecule has 0 bridgehead atoms. The number of fused-ring (bicyclic) bond motifs is 2. The Morgan fingerprint density at radius 3 is 2.43 bits per heavy atom. The third-order valence-corrected chi connectivity index (χ3v) is 3.85. The quantitative estimate of drug-likeness (QED) is 0.735. The van der Waals surface area contributed by atoms with Gasteiger partial charge in [0.15, 0.2) is 0 Å². The molecule has 1 aliphatic heterocycles. The van der Waals surface area contributed by atoms with Crippen LogP contribution in [0.15, 0.2) is 42.5 Å². The van der Waals surface area contributed by atoms with Crippen LogP contribution in [0.25, 0.3) is 11.0 Å². The molecule has 0 fully saturated rings. The minimum atomic E-state index is -0.316. The van der Waals surface area contributed by atoms with Gasteiger partial charge in [0.05, 0.1) is 40.3 Å². The van der Waals surface area contributed by atoms with Gasteiger partial charge in [0.1, 0.15) is 5.82 Å². The summed E-state index contributed by atoms with van der Waals surface area (Å²) in [6.07, 6.45) is 0. The Labute approximate surface area is 131 Å². The van der Waals surface area contributed by atoms with E-state index in [1.807, 2.05) is 0 Å². The minimum absolute atomic E-state index is 0.0723. The van der Waals surface area contributed by atoms with Crippen molar-refractivity contribution in [2.24, 2.45) is 0 Å².